The lowest BCUT2D eigenvalue weighted by atomic mass is 9.81. The van der Waals surface area contributed by atoms with Crippen molar-refractivity contribution in [1.82, 2.24) is 9.88 Å². The number of rotatable bonds is 3. The molecular formula is C18H20N2O3. The lowest BCUT2D eigenvalue weighted by molar-refractivity contribution is -0.125. The summed E-state index contributed by atoms with van der Waals surface area (Å²) >= 11 is 0. The molecule has 5 heteroatoms. The summed E-state index contributed by atoms with van der Waals surface area (Å²) in [5.41, 5.74) is 1.36. The first-order valence-corrected chi connectivity index (χ1v) is 7.99. The monoisotopic (exact) mass is 312 g/mol. The minimum atomic E-state index is -0.200. The van der Waals surface area contributed by atoms with Crippen molar-refractivity contribution in [3.63, 3.8) is 0 Å². The lowest BCUT2D eigenvalue weighted by Crippen LogP contribution is -2.66. The highest BCUT2D eigenvalue weighted by molar-refractivity contribution is 6.06. The minimum Gasteiger partial charge on any atom is -0.384 e. The molecule has 4 rings (SSSR count). The maximum atomic E-state index is 12.9. The van der Waals surface area contributed by atoms with E-state index in [2.05, 4.69) is 4.98 Å². The van der Waals surface area contributed by atoms with Crippen LogP contribution in [0.1, 0.15) is 16.8 Å². The SMILES string of the molecule is COC[C@H]1CCOC12CN(C(=O)c1ccnc3ccccc13)C2. The number of ether oxygens (including phenoxy) is 2. The van der Waals surface area contributed by atoms with Gasteiger partial charge in [-0.05, 0) is 18.6 Å². The Kier molecular flexibility index (Phi) is 3.54. The summed E-state index contributed by atoms with van der Waals surface area (Å²) in [7, 11) is 1.72. The summed E-state index contributed by atoms with van der Waals surface area (Å²) in [6, 6.07) is 9.55. The molecule has 1 spiro atoms. The quantitative estimate of drug-likeness (QED) is 0.871. The van der Waals surface area contributed by atoms with Crippen LogP contribution in [0.5, 0.6) is 0 Å². The molecule has 3 heterocycles. The molecule has 0 bridgehead atoms. The van der Waals surface area contributed by atoms with Gasteiger partial charge in [-0.25, -0.2) is 0 Å². The normalized spacial score (nSPS) is 22.5. The number of fused-ring (bicyclic) bond motifs is 1. The van der Waals surface area contributed by atoms with E-state index in [1.54, 1.807) is 19.4 Å². The third-order valence-electron chi connectivity index (χ3n) is 5.05. The largest absolute Gasteiger partial charge is 0.384 e. The van der Waals surface area contributed by atoms with Gasteiger partial charge in [-0.2, -0.15) is 0 Å². The number of methoxy groups -OCH3 is 1. The third kappa shape index (κ3) is 2.31. The second kappa shape index (κ2) is 5.58. The second-order valence-corrected chi connectivity index (χ2v) is 6.39. The maximum Gasteiger partial charge on any atom is 0.254 e. The fourth-order valence-electron chi connectivity index (χ4n) is 3.77. The molecule has 2 aliphatic heterocycles. The molecule has 2 aromatic rings. The van der Waals surface area contributed by atoms with Crippen LogP contribution >= 0.6 is 0 Å². The maximum absolute atomic E-state index is 12.9. The fraction of sp³-hybridized carbons (Fsp3) is 0.444. The number of carbonyl (C=O) groups is 1. The van der Waals surface area contributed by atoms with Gasteiger partial charge in [0.25, 0.3) is 5.91 Å². The van der Waals surface area contributed by atoms with Gasteiger partial charge in [-0.1, -0.05) is 18.2 Å². The number of hydrogen-bond acceptors (Lipinski definition) is 4. The number of likely N-dealkylation sites (tertiary alicyclic amines) is 1. The van der Waals surface area contributed by atoms with Crippen LogP contribution in [0, 0.1) is 5.92 Å². The van der Waals surface area contributed by atoms with E-state index in [0.717, 1.165) is 23.9 Å². The van der Waals surface area contributed by atoms with Gasteiger partial charge in [-0.3, -0.25) is 9.78 Å². The Morgan fingerprint density at radius 3 is 3.04 bits per heavy atom. The molecule has 0 radical (unpaired) electrons. The standard InChI is InChI=1S/C18H20N2O3/c1-22-10-13-7-9-23-18(13)11-20(12-18)17(21)15-6-8-19-16-5-3-2-4-14(15)16/h2-6,8,13H,7,9-12H2,1H3/t13-/m1/s1. The molecule has 0 saturated carbocycles. The van der Waals surface area contributed by atoms with E-state index in [1.165, 1.54) is 0 Å². The summed E-state index contributed by atoms with van der Waals surface area (Å²) in [4.78, 5) is 19.1. The number of amides is 1. The van der Waals surface area contributed by atoms with Gasteiger partial charge in [0.2, 0.25) is 0 Å². The Hall–Kier alpha value is -1.98. The number of hydrogen-bond donors (Lipinski definition) is 0. The van der Waals surface area contributed by atoms with E-state index < -0.39 is 0 Å². The molecule has 0 N–H and O–H groups in total. The van der Waals surface area contributed by atoms with E-state index in [4.69, 9.17) is 9.47 Å². The Morgan fingerprint density at radius 1 is 1.39 bits per heavy atom. The Morgan fingerprint density at radius 2 is 2.22 bits per heavy atom. The Bertz CT molecular complexity index is 735. The van der Waals surface area contributed by atoms with Crippen molar-refractivity contribution in [1.29, 1.82) is 0 Å². The number of carbonyl (C=O) groups excluding carboxylic acids is 1. The highest BCUT2D eigenvalue weighted by Gasteiger charge is 2.54. The number of benzene rings is 1. The van der Waals surface area contributed by atoms with Gasteiger partial charge >= 0.3 is 0 Å². The van der Waals surface area contributed by atoms with Gasteiger partial charge in [-0.15, -0.1) is 0 Å². The third-order valence-corrected chi connectivity index (χ3v) is 5.05. The lowest BCUT2D eigenvalue weighted by Gasteiger charge is -2.50. The first kappa shape index (κ1) is 14.6. The molecule has 0 aliphatic carbocycles. The number of nitrogens with zero attached hydrogens (tertiary/aromatic N) is 2. The molecular weight excluding hydrogens is 292 g/mol. The predicted octanol–water partition coefficient (Wildman–Crippen LogP) is 2.11. The molecule has 1 aromatic carbocycles. The summed E-state index contributed by atoms with van der Waals surface area (Å²) in [6.45, 7) is 2.75. The van der Waals surface area contributed by atoms with Crippen molar-refractivity contribution in [2.24, 2.45) is 5.92 Å². The van der Waals surface area contributed by atoms with Crippen LogP contribution in [0.3, 0.4) is 0 Å². The van der Waals surface area contributed by atoms with Crippen LogP contribution in [0.25, 0.3) is 10.9 Å². The van der Waals surface area contributed by atoms with Crippen molar-refractivity contribution >= 4 is 16.8 Å². The van der Waals surface area contributed by atoms with Gasteiger partial charge in [0, 0.05) is 31.2 Å². The Balaban J connectivity index is 1.55. The molecule has 5 nitrogen and oxygen atoms in total. The highest BCUT2D eigenvalue weighted by atomic mass is 16.5. The smallest absolute Gasteiger partial charge is 0.254 e. The summed E-state index contributed by atoms with van der Waals surface area (Å²) < 4.78 is 11.3. The van der Waals surface area contributed by atoms with Gasteiger partial charge in [0.15, 0.2) is 0 Å². The van der Waals surface area contributed by atoms with E-state index in [1.807, 2.05) is 29.2 Å². The zero-order valence-electron chi connectivity index (χ0n) is 13.2. The topological polar surface area (TPSA) is 51.7 Å². The minimum absolute atomic E-state index is 0.0564. The van der Waals surface area contributed by atoms with E-state index in [-0.39, 0.29) is 11.5 Å². The Labute approximate surface area is 135 Å². The molecule has 0 unspecified atom stereocenters. The van der Waals surface area contributed by atoms with Crippen LogP contribution in [0.2, 0.25) is 0 Å². The van der Waals surface area contributed by atoms with Crippen molar-refractivity contribution in [3.8, 4) is 0 Å². The molecule has 23 heavy (non-hydrogen) atoms. The summed E-state index contributed by atoms with van der Waals surface area (Å²) in [5.74, 6) is 0.437. The van der Waals surface area contributed by atoms with Crippen molar-refractivity contribution < 1.29 is 14.3 Å². The summed E-state index contributed by atoms with van der Waals surface area (Å²) in [6.07, 6.45) is 2.71. The van der Waals surface area contributed by atoms with Crippen molar-refractivity contribution in [2.45, 2.75) is 12.0 Å². The number of aromatic nitrogens is 1. The predicted molar refractivity (Wildman–Crippen MR) is 86.3 cm³/mol. The average Bonchev–Trinajstić information content (AvgIpc) is 2.96. The van der Waals surface area contributed by atoms with Crippen molar-refractivity contribution in [3.05, 3.63) is 42.1 Å². The van der Waals surface area contributed by atoms with Gasteiger partial charge < -0.3 is 14.4 Å². The van der Waals surface area contributed by atoms with Gasteiger partial charge in [0.1, 0.15) is 5.60 Å². The molecule has 2 saturated heterocycles. The number of pyridine rings is 1. The first-order chi connectivity index (χ1) is 11.2. The second-order valence-electron chi connectivity index (χ2n) is 6.39. The van der Waals surface area contributed by atoms with Crippen molar-refractivity contribution in [2.75, 3.05) is 33.4 Å². The number of para-hydroxylation sites is 1. The van der Waals surface area contributed by atoms with E-state index >= 15 is 0 Å². The van der Waals surface area contributed by atoms with Crippen LogP contribution in [-0.2, 0) is 9.47 Å². The molecule has 120 valence electrons. The molecule has 1 amide bonds. The average molecular weight is 312 g/mol. The van der Waals surface area contributed by atoms with Crippen LogP contribution in [0.15, 0.2) is 36.5 Å². The van der Waals surface area contributed by atoms with Crippen LogP contribution in [0.4, 0.5) is 0 Å². The van der Waals surface area contributed by atoms with Gasteiger partial charge in [0.05, 0.1) is 30.8 Å². The molecule has 2 fully saturated rings. The highest BCUT2D eigenvalue weighted by Crippen LogP contribution is 2.40. The van der Waals surface area contributed by atoms with Crippen LogP contribution in [-0.4, -0.2) is 54.8 Å². The summed E-state index contributed by atoms with van der Waals surface area (Å²) in [5, 5.41) is 0.904. The molecule has 1 atom stereocenters. The van der Waals surface area contributed by atoms with Crippen LogP contribution < -0.4 is 0 Å². The fourth-order valence-corrected chi connectivity index (χ4v) is 3.77. The zero-order valence-corrected chi connectivity index (χ0v) is 13.2. The first-order valence-electron chi connectivity index (χ1n) is 7.99. The molecule has 1 aromatic heterocycles. The van der Waals surface area contributed by atoms with E-state index in [0.29, 0.717) is 31.2 Å². The molecule has 2 aliphatic rings. The zero-order chi connectivity index (χ0) is 15.9. The van der Waals surface area contributed by atoms with E-state index in [9.17, 15) is 4.79 Å².